The zero-order valence-electron chi connectivity index (χ0n) is 17.0. The zero-order valence-corrected chi connectivity index (χ0v) is 17.0. The van der Waals surface area contributed by atoms with Crippen LogP contribution in [0.15, 0.2) is 18.2 Å². The first-order valence-corrected chi connectivity index (χ1v) is 10.9. The normalized spacial score (nSPS) is 27.5. The molecule has 3 aliphatic heterocycles. The fourth-order valence-corrected chi connectivity index (χ4v) is 6.08. The van der Waals surface area contributed by atoms with E-state index in [0.717, 1.165) is 44.3 Å². The average molecular weight is 434 g/mol. The minimum atomic E-state index is -3.59. The summed E-state index contributed by atoms with van der Waals surface area (Å²) in [6.07, 6.45) is 1.28. The maximum absolute atomic E-state index is 13.2. The van der Waals surface area contributed by atoms with Gasteiger partial charge in [-0.25, -0.2) is 4.79 Å². The number of benzene rings is 1. The second kappa shape index (κ2) is 6.23. The molecule has 0 bridgehead atoms. The van der Waals surface area contributed by atoms with Gasteiger partial charge in [-0.3, -0.25) is 4.79 Å². The largest absolute Gasteiger partial charge is 0.586 e. The van der Waals surface area contributed by atoms with Crippen LogP contribution in [0.5, 0.6) is 11.5 Å². The number of ether oxygens (including phenoxy) is 3. The van der Waals surface area contributed by atoms with Gasteiger partial charge in [-0.1, -0.05) is 6.07 Å². The molecule has 1 aromatic carbocycles. The highest BCUT2D eigenvalue weighted by atomic mass is 19.3. The van der Waals surface area contributed by atoms with Crippen molar-refractivity contribution in [1.82, 2.24) is 10.2 Å². The molecule has 5 aliphatic rings. The second-order valence-electron chi connectivity index (χ2n) is 9.89. The molecule has 31 heavy (non-hydrogen) atoms. The van der Waals surface area contributed by atoms with Crippen LogP contribution in [-0.2, 0) is 9.53 Å². The summed E-state index contributed by atoms with van der Waals surface area (Å²) in [4.78, 5) is 26.1. The number of alkyl halides is 2. The smallest absolute Gasteiger partial charge is 0.447 e. The van der Waals surface area contributed by atoms with Crippen molar-refractivity contribution in [3.63, 3.8) is 0 Å². The summed E-state index contributed by atoms with van der Waals surface area (Å²) in [6.45, 7) is 1.87. The highest BCUT2D eigenvalue weighted by Gasteiger charge is 2.54. The van der Waals surface area contributed by atoms with E-state index >= 15 is 0 Å². The molecular weight excluding hydrogens is 410 g/mol. The maximum atomic E-state index is 13.2. The molecule has 1 N–H and O–H groups in total. The molecule has 2 aliphatic carbocycles. The van der Waals surface area contributed by atoms with Crippen LogP contribution in [-0.4, -0.2) is 48.4 Å². The van der Waals surface area contributed by atoms with E-state index in [0.29, 0.717) is 25.4 Å². The number of nitrogens with one attached hydrogen (secondary N) is 1. The topological polar surface area (TPSA) is 77.1 Å². The number of halogens is 2. The highest BCUT2D eigenvalue weighted by Crippen LogP contribution is 2.58. The molecule has 2 saturated heterocycles. The van der Waals surface area contributed by atoms with Gasteiger partial charge in [0.25, 0.3) is 0 Å². The van der Waals surface area contributed by atoms with Crippen LogP contribution >= 0.6 is 0 Å². The number of carbonyl (C=O) groups is 2. The lowest BCUT2D eigenvalue weighted by Crippen LogP contribution is -2.59. The van der Waals surface area contributed by atoms with Gasteiger partial charge >= 0.3 is 12.4 Å². The first-order valence-electron chi connectivity index (χ1n) is 10.9. The van der Waals surface area contributed by atoms with Gasteiger partial charge in [-0.05, 0) is 67.6 Å². The van der Waals surface area contributed by atoms with Crippen LogP contribution in [0.2, 0.25) is 0 Å². The van der Waals surface area contributed by atoms with Gasteiger partial charge in [0.15, 0.2) is 11.5 Å². The molecule has 2 spiro atoms. The molecule has 4 fully saturated rings. The molecule has 2 saturated carbocycles. The number of hydrogen-bond acceptors (Lipinski definition) is 5. The summed E-state index contributed by atoms with van der Waals surface area (Å²) in [7, 11) is 0. The number of piperidine rings is 1. The van der Waals surface area contributed by atoms with Crippen LogP contribution in [0.1, 0.15) is 50.0 Å². The van der Waals surface area contributed by atoms with Crippen molar-refractivity contribution in [2.24, 2.45) is 11.3 Å². The third kappa shape index (κ3) is 3.11. The molecule has 7 nitrogen and oxygen atoms in total. The Morgan fingerprint density at radius 1 is 1.06 bits per heavy atom. The molecule has 0 aromatic heterocycles. The van der Waals surface area contributed by atoms with Crippen LogP contribution in [0.25, 0.3) is 0 Å². The first-order chi connectivity index (χ1) is 14.7. The summed E-state index contributed by atoms with van der Waals surface area (Å²) < 4.78 is 40.5. The van der Waals surface area contributed by atoms with E-state index in [1.807, 2.05) is 11.0 Å². The monoisotopic (exact) mass is 434 g/mol. The van der Waals surface area contributed by atoms with E-state index < -0.39 is 6.29 Å². The van der Waals surface area contributed by atoms with Crippen molar-refractivity contribution in [3.8, 4) is 11.5 Å². The number of alkyl carbamates (subject to hydrolysis) is 1. The molecule has 1 aromatic rings. The molecule has 9 heteroatoms. The third-order valence-electron chi connectivity index (χ3n) is 7.86. The summed E-state index contributed by atoms with van der Waals surface area (Å²) >= 11 is 0. The summed E-state index contributed by atoms with van der Waals surface area (Å²) in [5, 5.41) is 2.84. The van der Waals surface area contributed by atoms with Gasteiger partial charge in [0.05, 0.1) is 5.54 Å². The standard InChI is InChI=1S/C22H24F2N2O5/c23-22(24)30-16-2-1-13(7-17(16)31-22)14-8-20(9-14)3-5-26(6-4-20)18(27)15-10-21(11-15)12-29-19(28)25-21/h1-2,7,14-15H,3-6,8-12H2,(H,25,28). The molecule has 3 heterocycles. The van der Waals surface area contributed by atoms with Gasteiger partial charge in [-0.2, -0.15) is 0 Å². The second-order valence-corrected chi connectivity index (χ2v) is 9.89. The van der Waals surface area contributed by atoms with E-state index in [1.54, 1.807) is 12.1 Å². The molecule has 6 rings (SSSR count). The van der Waals surface area contributed by atoms with E-state index in [1.165, 1.54) is 0 Å². The molecule has 0 radical (unpaired) electrons. The lowest BCUT2D eigenvalue weighted by molar-refractivity contribution is -0.286. The van der Waals surface area contributed by atoms with Crippen molar-refractivity contribution < 1.29 is 32.6 Å². The summed E-state index contributed by atoms with van der Waals surface area (Å²) in [5.41, 5.74) is 0.907. The minimum absolute atomic E-state index is 0.0306. The zero-order chi connectivity index (χ0) is 21.4. The number of carbonyl (C=O) groups excluding carboxylic acids is 2. The number of fused-ring (bicyclic) bond motifs is 1. The number of amides is 2. The molecule has 2 amide bonds. The molecule has 0 atom stereocenters. The van der Waals surface area contributed by atoms with Gasteiger partial charge in [0, 0.05) is 19.0 Å². The van der Waals surface area contributed by atoms with Crippen molar-refractivity contribution in [1.29, 1.82) is 0 Å². The quantitative estimate of drug-likeness (QED) is 0.772. The number of rotatable bonds is 2. The Labute approximate surface area is 178 Å². The van der Waals surface area contributed by atoms with Crippen molar-refractivity contribution in [3.05, 3.63) is 23.8 Å². The van der Waals surface area contributed by atoms with Crippen molar-refractivity contribution in [2.75, 3.05) is 19.7 Å². The third-order valence-corrected chi connectivity index (χ3v) is 7.86. The molecule has 166 valence electrons. The van der Waals surface area contributed by atoms with Crippen LogP contribution in [0, 0.1) is 11.3 Å². The van der Waals surface area contributed by atoms with E-state index in [2.05, 4.69) is 14.8 Å². The van der Waals surface area contributed by atoms with Gasteiger partial charge in [-0.15, -0.1) is 8.78 Å². The Balaban J connectivity index is 1.01. The molecule has 0 unspecified atom stereocenters. The number of cyclic esters (lactones) is 1. The molecular formula is C22H24F2N2O5. The van der Waals surface area contributed by atoms with Gasteiger partial charge in [0.2, 0.25) is 5.91 Å². The van der Waals surface area contributed by atoms with Gasteiger partial charge in [0.1, 0.15) is 6.61 Å². The number of nitrogens with zero attached hydrogens (tertiary/aromatic N) is 1. The fraction of sp³-hybridized carbons (Fsp3) is 0.636. The van der Waals surface area contributed by atoms with Crippen LogP contribution < -0.4 is 14.8 Å². The maximum Gasteiger partial charge on any atom is 0.586 e. The Morgan fingerprint density at radius 2 is 1.77 bits per heavy atom. The predicted molar refractivity (Wildman–Crippen MR) is 103 cm³/mol. The van der Waals surface area contributed by atoms with E-state index in [-0.39, 0.29) is 40.4 Å². The number of likely N-dealkylation sites (tertiary alicyclic amines) is 1. The average Bonchev–Trinajstić information content (AvgIpc) is 3.22. The predicted octanol–water partition coefficient (Wildman–Crippen LogP) is 3.38. The summed E-state index contributed by atoms with van der Waals surface area (Å²) in [5.74, 6) is 0.663. The lowest BCUT2D eigenvalue weighted by Gasteiger charge is -2.53. The van der Waals surface area contributed by atoms with E-state index in [9.17, 15) is 18.4 Å². The van der Waals surface area contributed by atoms with Crippen LogP contribution in [0.4, 0.5) is 13.6 Å². The Hall–Kier alpha value is -2.58. The van der Waals surface area contributed by atoms with Crippen molar-refractivity contribution in [2.45, 2.75) is 56.3 Å². The SMILES string of the molecule is O=C1NC2(CO1)CC(C(=O)N1CCC3(CC1)CC(c1ccc4c(c1)OC(F)(F)O4)C3)C2. The minimum Gasteiger partial charge on any atom is -0.447 e. The highest BCUT2D eigenvalue weighted by molar-refractivity contribution is 5.81. The first kappa shape index (κ1) is 19.1. The van der Waals surface area contributed by atoms with Crippen LogP contribution in [0.3, 0.4) is 0 Å². The number of hydrogen-bond donors (Lipinski definition) is 1. The van der Waals surface area contributed by atoms with Gasteiger partial charge < -0.3 is 24.4 Å². The van der Waals surface area contributed by atoms with E-state index in [4.69, 9.17) is 4.74 Å². The summed E-state index contributed by atoms with van der Waals surface area (Å²) in [6, 6.07) is 5.07. The Kier molecular flexibility index (Phi) is 3.85. The van der Waals surface area contributed by atoms with Crippen molar-refractivity contribution >= 4 is 12.0 Å². The Bertz CT molecular complexity index is 945. The Morgan fingerprint density at radius 3 is 2.45 bits per heavy atom. The lowest BCUT2D eigenvalue weighted by atomic mass is 9.56. The fourth-order valence-electron chi connectivity index (χ4n) is 6.08.